The first-order chi connectivity index (χ1) is 10.8. The molecule has 1 aliphatic rings. The van der Waals surface area contributed by atoms with Crippen molar-refractivity contribution in [2.24, 2.45) is 0 Å². The molecule has 2 rings (SSSR count). The standard InChI is InChI=1S/C16H21F3N2O2/c1-12-3-5-13(6-4-12)9-20-14(22)10-21-8-7-15(11-21,23-2)16(17,18)19/h3-6H,7-11H2,1-2H3,(H,20,22). The molecule has 128 valence electrons. The highest BCUT2D eigenvalue weighted by atomic mass is 19.4. The molecule has 1 unspecified atom stereocenters. The first-order valence-corrected chi connectivity index (χ1v) is 7.42. The number of methoxy groups -OCH3 is 1. The Morgan fingerprint density at radius 1 is 1.35 bits per heavy atom. The van der Waals surface area contributed by atoms with Gasteiger partial charge in [0.1, 0.15) is 0 Å². The predicted molar refractivity (Wildman–Crippen MR) is 79.9 cm³/mol. The molecule has 1 aliphatic heterocycles. The molecule has 0 radical (unpaired) electrons. The Morgan fingerprint density at radius 2 is 2.00 bits per heavy atom. The summed E-state index contributed by atoms with van der Waals surface area (Å²) in [4.78, 5) is 13.4. The van der Waals surface area contributed by atoms with Gasteiger partial charge in [0.2, 0.25) is 5.91 Å². The molecule has 1 atom stereocenters. The zero-order valence-corrected chi connectivity index (χ0v) is 13.2. The van der Waals surface area contributed by atoms with Crippen molar-refractivity contribution in [3.8, 4) is 0 Å². The highest BCUT2D eigenvalue weighted by Gasteiger charge is 2.58. The van der Waals surface area contributed by atoms with Crippen LogP contribution >= 0.6 is 0 Å². The van der Waals surface area contributed by atoms with Gasteiger partial charge >= 0.3 is 6.18 Å². The van der Waals surface area contributed by atoms with Crippen molar-refractivity contribution in [2.75, 3.05) is 26.7 Å². The second kappa shape index (κ2) is 6.88. The number of halogens is 3. The lowest BCUT2D eigenvalue weighted by Gasteiger charge is -2.30. The number of carbonyl (C=O) groups is 1. The molecule has 0 bridgehead atoms. The van der Waals surface area contributed by atoms with Gasteiger partial charge in [0.05, 0.1) is 6.54 Å². The molecule has 0 saturated carbocycles. The lowest BCUT2D eigenvalue weighted by Crippen LogP contribution is -2.49. The number of aryl methyl sites for hydroxylation is 1. The van der Waals surface area contributed by atoms with Crippen LogP contribution in [0.4, 0.5) is 13.2 Å². The number of nitrogens with zero attached hydrogens (tertiary/aromatic N) is 1. The lowest BCUT2D eigenvalue weighted by atomic mass is 10.0. The quantitative estimate of drug-likeness (QED) is 0.900. The monoisotopic (exact) mass is 330 g/mol. The van der Waals surface area contributed by atoms with Crippen LogP contribution in [0.2, 0.25) is 0 Å². The Bertz CT molecular complexity index is 545. The van der Waals surface area contributed by atoms with Gasteiger partial charge < -0.3 is 10.1 Å². The number of rotatable bonds is 5. The summed E-state index contributed by atoms with van der Waals surface area (Å²) in [7, 11) is 1.06. The van der Waals surface area contributed by atoms with Crippen LogP contribution in [0, 0.1) is 6.92 Å². The largest absolute Gasteiger partial charge is 0.418 e. The molecule has 1 heterocycles. The fourth-order valence-corrected chi connectivity index (χ4v) is 2.67. The van der Waals surface area contributed by atoms with E-state index in [1.165, 1.54) is 4.90 Å². The zero-order chi connectivity index (χ0) is 17.1. The van der Waals surface area contributed by atoms with E-state index in [1.807, 2.05) is 31.2 Å². The van der Waals surface area contributed by atoms with Gasteiger partial charge in [-0.25, -0.2) is 0 Å². The van der Waals surface area contributed by atoms with E-state index in [-0.39, 0.29) is 32.0 Å². The number of amides is 1. The van der Waals surface area contributed by atoms with Crippen LogP contribution in [-0.4, -0.2) is 49.3 Å². The minimum absolute atomic E-state index is 0.0624. The van der Waals surface area contributed by atoms with E-state index in [2.05, 4.69) is 5.32 Å². The van der Waals surface area contributed by atoms with E-state index in [0.717, 1.165) is 18.2 Å². The molecule has 1 amide bonds. The van der Waals surface area contributed by atoms with E-state index in [1.54, 1.807) is 0 Å². The summed E-state index contributed by atoms with van der Waals surface area (Å²) in [6.45, 7) is 2.14. The third-order valence-electron chi connectivity index (χ3n) is 4.20. The zero-order valence-electron chi connectivity index (χ0n) is 13.2. The fourth-order valence-electron chi connectivity index (χ4n) is 2.67. The summed E-state index contributed by atoms with van der Waals surface area (Å²) in [5.74, 6) is -0.292. The first-order valence-electron chi connectivity index (χ1n) is 7.42. The molecule has 1 fully saturated rings. The molecular formula is C16H21F3N2O2. The average Bonchev–Trinajstić information content (AvgIpc) is 2.91. The van der Waals surface area contributed by atoms with Crippen LogP contribution in [0.5, 0.6) is 0 Å². The second-order valence-electron chi connectivity index (χ2n) is 5.92. The van der Waals surface area contributed by atoms with Crippen LogP contribution in [0.1, 0.15) is 17.5 Å². The normalized spacial score (nSPS) is 22.3. The number of alkyl halides is 3. The topological polar surface area (TPSA) is 41.6 Å². The number of carbonyl (C=O) groups excluding carboxylic acids is 1. The third kappa shape index (κ3) is 4.23. The van der Waals surface area contributed by atoms with Crippen LogP contribution in [-0.2, 0) is 16.1 Å². The van der Waals surface area contributed by atoms with Crippen LogP contribution in [0.3, 0.4) is 0 Å². The van der Waals surface area contributed by atoms with Gasteiger partial charge in [0.15, 0.2) is 5.60 Å². The van der Waals surface area contributed by atoms with E-state index >= 15 is 0 Å². The second-order valence-corrected chi connectivity index (χ2v) is 5.92. The highest BCUT2D eigenvalue weighted by molar-refractivity contribution is 5.78. The minimum Gasteiger partial charge on any atom is -0.367 e. The predicted octanol–water partition coefficient (Wildman–Crippen LogP) is 2.26. The van der Waals surface area contributed by atoms with Gasteiger partial charge in [-0.3, -0.25) is 9.69 Å². The van der Waals surface area contributed by atoms with Gasteiger partial charge in [-0.2, -0.15) is 13.2 Å². The smallest absolute Gasteiger partial charge is 0.367 e. The van der Waals surface area contributed by atoms with Crippen molar-refractivity contribution < 1.29 is 22.7 Å². The molecule has 1 N–H and O–H groups in total. The number of hydrogen-bond donors (Lipinski definition) is 1. The Hall–Kier alpha value is -1.60. The van der Waals surface area contributed by atoms with E-state index in [0.29, 0.717) is 6.54 Å². The van der Waals surface area contributed by atoms with Gasteiger partial charge in [0.25, 0.3) is 0 Å². The van der Waals surface area contributed by atoms with Crippen molar-refractivity contribution in [3.05, 3.63) is 35.4 Å². The maximum atomic E-state index is 13.1. The maximum Gasteiger partial charge on any atom is 0.418 e. The molecule has 1 aromatic rings. The summed E-state index contributed by atoms with van der Waals surface area (Å²) in [5.41, 5.74) is -0.0864. The van der Waals surface area contributed by atoms with Gasteiger partial charge in [0, 0.05) is 26.7 Å². The number of benzene rings is 1. The van der Waals surface area contributed by atoms with Crippen LogP contribution in [0.25, 0.3) is 0 Å². The summed E-state index contributed by atoms with van der Waals surface area (Å²) < 4.78 is 43.9. The van der Waals surface area contributed by atoms with E-state index < -0.39 is 11.8 Å². The lowest BCUT2D eigenvalue weighted by molar-refractivity contribution is -0.263. The Kier molecular flexibility index (Phi) is 5.31. The van der Waals surface area contributed by atoms with Crippen molar-refractivity contribution in [2.45, 2.75) is 31.7 Å². The highest BCUT2D eigenvalue weighted by Crippen LogP contribution is 2.40. The van der Waals surface area contributed by atoms with E-state index in [4.69, 9.17) is 4.74 Å². The van der Waals surface area contributed by atoms with Crippen LogP contribution in [0.15, 0.2) is 24.3 Å². The summed E-state index contributed by atoms with van der Waals surface area (Å²) in [6.07, 6.45) is -4.59. The molecule has 7 heteroatoms. The molecule has 23 heavy (non-hydrogen) atoms. The molecule has 0 spiro atoms. The molecular weight excluding hydrogens is 309 g/mol. The third-order valence-corrected chi connectivity index (χ3v) is 4.20. The van der Waals surface area contributed by atoms with Crippen molar-refractivity contribution in [3.63, 3.8) is 0 Å². The molecule has 1 saturated heterocycles. The van der Waals surface area contributed by atoms with Gasteiger partial charge in [-0.1, -0.05) is 29.8 Å². The van der Waals surface area contributed by atoms with Crippen molar-refractivity contribution in [1.82, 2.24) is 10.2 Å². The van der Waals surface area contributed by atoms with Crippen molar-refractivity contribution >= 4 is 5.91 Å². The SMILES string of the molecule is COC1(C(F)(F)F)CCN(CC(=O)NCc2ccc(C)cc2)C1. The van der Waals surface area contributed by atoms with Crippen LogP contribution < -0.4 is 5.32 Å². The molecule has 1 aromatic carbocycles. The summed E-state index contributed by atoms with van der Waals surface area (Å²) >= 11 is 0. The number of likely N-dealkylation sites (tertiary alicyclic amines) is 1. The minimum atomic E-state index is -4.44. The summed E-state index contributed by atoms with van der Waals surface area (Å²) in [6, 6.07) is 7.70. The average molecular weight is 330 g/mol. The van der Waals surface area contributed by atoms with E-state index in [9.17, 15) is 18.0 Å². The number of ether oxygens (including phenoxy) is 1. The fraction of sp³-hybridized carbons (Fsp3) is 0.562. The Morgan fingerprint density at radius 3 is 2.52 bits per heavy atom. The van der Waals surface area contributed by atoms with Gasteiger partial charge in [-0.05, 0) is 18.9 Å². The number of nitrogens with one attached hydrogen (secondary N) is 1. The number of hydrogen-bond acceptors (Lipinski definition) is 3. The Balaban J connectivity index is 1.83. The maximum absolute atomic E-state index is 13.1. The summed E-state index contributed by atoms with van der Waals surface area (Å²) in [5, 5.41) is 2.73. The first kappa shape index (κ1) is 17.7. The van der Waals surface area contributed by atoms with Gasteiger partial charge in [-0.15, -0.1) is 0 Å². The molecule has 0 aromatic heterocycles. The molecule has 0 aliphatic carbocycles. The van der Waals surface area contributed by atoms with Crippen molar-refractivity contribution in [1.29, 1.82) is 0 Å². The molecule has 4 nitrogen and oxygen atoms in total. The Labute approximate surface area is 133 Å².